The molecule has 0 aliphatic carbocycles. The zero-order chi connectivity index (χ0) is 13.5. The lowest BCUT2D eigenvalue weighted by Gasteiger charge is -2.05. The maximum absolute atomic E-state index is 11.7. The summed E-state index contributed by atoms with van der Waals surface area (Å²) in [6.07, 6.45) is 0. The highest BCUT2D eigenvalue weighted by molar-refractivity contribution is 8.13. The minimum atomic E-state index is -0.813. The first-order valence-electron chi connectivity index (χ1n) is 5.38. The first kappa shape index (κ1) is 14.2. The van der Waals surface area contributed by atoms with E-state index in [1.165, 1.54) is 0 Å². The summed E-state index contributed by atoms with van der Waals surface area (Å²) < 4.78 is 0. The van der Waals surface area contributed by atoms with Crippen molar-refractivity contribution in [2.75, 3.05) is 5.75 Å². The van der Waals surface area contributed by atoms with E-state index in [1.807, 2.05) is 18.3 Å². The van der Waals surface area contributed by atoms with Crippen molar-refractivity contribution in [3.63, 3.8) is 0 Å². The first-order chi connectivity index (χ1) is 8.52. The van der Waals surface area contributed by atoms with Crippen molar-refractivity contribution in [1.29, 1.82) is 0 Å². The zero-order valence-corrected chi connectivity index (χ0v) is 11.0. The maximum Gasteiger partial charge on any atom is 0.329 e. The van der Waals surface area contributed by atoms with Crippen LogP contribution in [0.25, 0.3) is 0 Å². The Hall–Kier alpha value is -1.82. The number of carbonyl (C=O) groups is 3. The third-order valence-corrected chi connectivity index (χ3v) is 2.65. The molecule has 0 atom stereocenters. The van der Waals surface area contributed by atoms with Crippen LogP contribution in [0.4, 0.5) is 9.59 Å². The summed E-state index contributed by atoms with van der Waals surface area (Å²) in [5.74, 6) is 0.0239. The normalized spacial score (nSPS) is 9.67. The van der Waals surface area contributed by atoms with Gasteiger partial charge in [0.2, 0.25) is 0 Å². The van der Waals surface area contributed by atoms with Crippen molar-refractivity contribution in [2.24, 2.45) is 0 Å². The van der Waals surface area contributed by atoms with E-state index < -0.39 is 17.2 Å². The van der Waals surface area contributed by atoms with Crippen LogP contribution >= 0.6 is 11.8 Å². The average Bonchev–Trinajstić information content (AvgIpc) is 2.28. The Labute approximate surface area is 109 Å². The molecular formula is C12H14N2O3S. The number of thioether (sulfide) groups is 1. The second-order valence-electron chi connectivity index (χ2n) is 3.50. The molecule has 18 heavy (non-hydrogen) atoms. The Kier molecular flexibility index (Phi) is 5.38. The van der Waals surface area contributed by atoms with Crippen LogP contribution in [0, 0.1) is 6.92 Å². The summed E-state index contributed by atoms with van der Waals surface area (Å²) in [5, 5.41) is 3.66. The summed E-state index contributed by atoms with van der Waals surface area (Å²) in [4.78, 5) is 34.1. The first-order valence-corrected chi connectivity index (χ1v) is 6.37. The SMILES string of the molecule is CCSC(=O)NC(=O)NC(=O)c1cccc(C)c1. The van der Waals surface area contributed by atoms with Crippen LogP contribution in [0.3, 0.4) is 0 Å². The van der Waals surface area contributed by atoms with Crippen molar-refractivity contribution in [1.82, 2.24) is 10.6 Å². The number of aryl methyl sites for hydroxylation is 1. The smallest absolute Gasteiger partial charge is 0.274 e. The molecule has 6 heteroatoms. The lowest BCUT2D eigenvalue weighted by Crippen LogP contribution is -2.41. The van der Waals surface area contributed by atoms with E-state index in [4.69, 9.17) is 0 Å². The van der Waals surface area contributed by atoms with Gasteiger partial charge in [-0.1, -0.05) is 36.4 Å². The van der Waals surface area contributed by atoms with Crippen LogP contribution in [0.2, 0.25) is 0 Å². The van der Waals surface area contributed by atoms with Crippen LogP contribution in [0.1, 0.15) is 22.8 Å². The summed E-state index contributed by atoms with van der Waals surface area (Å²) in [7, 11) is 0. The van der Waals surface area contributed by atoms with Gasteiger partial charge in [0.1, 0.15) is 0 Å². The Bertz CT molecular complexity index is 474. The quantitative estimate of drug-likeness (QED) is 0.861. The Morgan fingerprint density at radius 1 is 1.22 bits per heavy atom. The second-order valence-corrected chi connectivity index (χ2v) is 4.74. The van der Waals surface area contributed by atoms with E-state index in [2.05, 4.69) is 5.32 Å². The van der Waals surface area contributed by atoms with E-state index in [9.17, 15) is 14.4 Å². The summed E-state index contributed by atoms with van der Waals surface area (Å²) in [6.45, 7) is 3.64. The molecule has 0 heterocycles. The molecule has 0 spiro atoms. The Morgan fingerprint density at radius 2 is 1.94 bits per heavy atom. The van der Waals surface area contributed by atoms with Crippen LogP contribution in [0.15, 0.2) is 24.3 Å². The van der Waals surface area contributed by atoms with Crippen LogP contribution in [-0.4, -0.2) is 22.9 Å². The fraction of sp³-hybridized carbons (Fsp3) is 0.250. The molecule has 0 aliphatic heterocycles. The molecule has 0 fully saturated rings. The molecule has 0 bridgehead atoms. The van der Waals surface area contributed by atoms with Crippen molar-refractivity contribution in [3.05, 3.63) is 35.4 Å². The fourth-order valence-corrected chi connectivity index (χ4v) is 1.68. The molecule has 96 valence electrons. The lowest BCUT2D eigenvalue weighted by molar-refractivity contribution is 0.0965. The van der Waals surface area contributed by atoms with Gasteiger partial charge in [0.05, 0.1) is 0 Å². The van der Waals surface area contributed by atoms with Crippen molar-refractivity contribution in [3.8, 4) is 0 Å². The van der Waals surface area contributed by atoms with Gasteiger partial charge in [0.25, 0.3) is 11.1 Å². The predicted octanol–water partition coefficient (Wildman–Crippen LogP) is 2.31. The summed E-state index contributed by atoms with van der Waals surface area (Å²) in [5.41, 5.74) is 1.29. The lowest BCUT2D eigenvalue weighted by atomic mass is 10.1. The van der Waals surface area contributed by atoms with Crippen molar-refractivity contribution >= 4 is 28.9 Å². The number of nitrogens with one attached hydrogen (secondary N) is 2. The van der Waals surface area contributed by atoms with Gasteiger partial charge < -0.3 is 0 Å². The van der Waals surface area contributed by atoms with Crippen molar-refractivity contribution < 1.29 is 14.4 Å². The summed E-state index contributed by atoms with van der Waals surface area (Å²) >= 11 is 0.963. The van der Waals surface area contributed by atoms with E-state index in [0.29, 0.717) is 11.3 Å². The molecule has 0 aliphatic rings. The molecule has 1 aromatic carbocycles. The average molecular weight is 266 g/mol. The molecule has 1 rings (SSSR count). The number of amides is 4. The number of rotatable bonds is 2. The number of hydrogen-bond acceptors (Lipinski definition) is 4. The molecule has 0 radical (unpaired) electrons. The molecule has 4 amide bonds. The minimum absolute atomic E-state index is 0.376. The summed E-state index contributed by atoms with van der Waals surface area (Å²) in [6, 6.07) is 6.01. The van der Waals surface area contributed by atoms with E-state index in [0.717, 1.165) is 17.3 Å². The van der Waals surface area contributed by atoms with Crippen LogP contribution in [0.5, 0.6) is 0 Å². The van der Waals surface area contributed by atoms with Gasteiger partial charge in [-0.2, -0.15) is 0 Å². The van der Waals surface area contributed by atoms with Gasteiger partial charge in [-0.05, 0) is 24.8 Å². The number of benzene rings is 1. The maximum atomic E-state index is 11.7. The third kappa shape index (κ3) is 4.58. The molecule has 2 N–H and O–H groups in total. The Balaban J connectivity index is 2.55. The molecule has 0 unspecified atom stereocenters. The van der Waals surface area contributed by atoms with Crippen LogP contribution in [-0.2, 0) is 0 Å². The van der Waals surface area contributed by atoms with Gasteiger partial charge in [-0.15, -0.1) is 0 Å². The predicted molar refractivity (Wildman–Crippen MR) is 70.7 cm³/mol. The largest absolute Gasteiger partial charge is 0.329 e. The molecule has 0 saturated heterocycles. The van der Waals surface area contributed by atoms with Crippen LogP contribution < -0.4 is 10.6 Å². The highest BCUT2D eigenvalue weighted by Crippen LogP contribution is 2.03. The highest BCUT2D eigenvalue weighted by Gasteiger charge is 2.12. The number of hydrogen-bond donors (Lipinski definition) is 2. The topological polar surface area (TPSA) is 75.3 Å². The van der Waals surface area contributed by atoms with Gasteiger partial charge in [0.15, 0.2) is 0 Å². The number of urea groups is 1. The van der Waals surface area contributed by atoms with E-state index in [1.54, 1.807) is 25.1 Å². The van der Waals surface area contributed by atoms with E-state index in [-0.39, 0.29) is 0 Å². The monoisotopic (exact) mass is 266 g/mol. The Morgan fingerprint density at radius 3 is 2.56 bits per heavy atom. The molecule has 0 saturated carbocycles. The van der Waals surface area contributed by atoms with Gasteiger partial charge >= 0.3 is 6.03 Å². The molecular weight excluding hydrogens is 252 g/mol. The standard InChI is InChI=1S/C12H14N2O3S/c1-3-18-12(17)14-11(16)13-10(15)9-6-4-5-8(2)7-9/h4-7H,3H2,1-2H3,(H2,13,14,15,16,17). The minimum Gasteiger partial charge on any atom is -0.274 e. The van der Waals surface area contributed by atoms with Gasteiger partial charge in [0, 0.05) is 5.56 Å². The number of imide groups is 2. The van der Waals surface area contributed by atoms with Crippen molar-refractivity contribution in [2.45, 2.75) is 13.8 Å². The zero-order valence-electron chi connectivity index (χ0n) is 10.1. The van der Waals surface area contributed by atoms with E-state index >= 15 is 0 Å². The highest BCUT2D eigenvalue weighted by atomic mass is 32.2. The second kappa shape index (κ2) is 6.80. The molecule has 0 aromatic heterocycles. The number of carbonyl (C=O) groups excluding carboxylic acids is 3. The third-order valence-electron chi connectivity index (χ3n) is 2.00. The molecule has 1 aromatic rings. The fourth-order valence-electron chi connectivity index (χ4n) is 1.25. The molecule has 5 nitrogen and oxygen atoms in total. The van der Waals surface area contributed by atoms with Gasteiger partial charge in [-0.25, -0.2) is 4.79 Å². The van der Waals surface area contributed by atoms with Gasteiger partial charge in [-0.3, -0.25) is 20.2 Å².